The lowest BCUT2D eigenvalue weighted by atomic mass is 9.95. The molecule has 0 N–H and O–H groups in total. The molecule has 3 aromatic heterocycles. The van der Waals surface area contributed by atoms with Crippen LogP contribution in [0.3, 0.4) is 0 Å². The van der Waals surface area contributed by atoms with Crippen molar-refractivity contribution >= 4 is 53.3 Å². The molecule has 5 heteroatoms. The van der Waals surface area contributed by atoms with E-state index < -0.39 is 0 Å². The molecule has 0 atom stereocenters. The van der Waals surface area contributed by atoms with E-state index in [1.807, 2.05) is 47.7 Å². The second kappa shape index (κ2) is 11.6. The summed E-state index contributed by atoms with van der Waals surface area (Å²) in [5, 5.41) is 4.96. The van der Waals surface area contributed by atoms with Gasteiger partial charge in [-0.2, -0.15) is 0 Å². The maximum Gasteiger partial charge on any atom is 0.164 e. The van der Waals surface area contributed by atoms with Crippen LogP contribution < -0.4 is 0 Å². The first-order valence-electron chi connectivity index (χ1n) is 16.7. The van der Waals surface area contributed by atoms with Crippen LogP contribution in [-0.2, 0) is 0 Å². The first kappa shape index (κ1) is 28.6. The minimum atomic E-state index is 0.632. The van der Waals surface area contributed by atoms with Crippen LogP contribution in [0.1, 0.15) is 0 Å². The van der Waals surface area contributed by atoms with Gasteiger partial charge in [0.1, 0.15) is 0 Å². The van der Waals surface area contributed by atoms with E-state index in [1.54, 1.807) is 0 Å². The van der Waals surface area contributed by atoms with Crippen molar-refractivity contribution in [3.63, 3.8) is 0 Å². The Balaban J connectivity index is 1.31. The maximum atomic E-state index is 5.15. The summed E-state index contributed by atoms with van der Waals surface area (Å²) in [6.45, 7) is 0. The molecule has 3 heterocycles. The molecule has 0 spiro atoms. The van der Waals surface area contributed by atoms with Crippen LogP contribution in [0.2, 0.25) is 0 Å². The zero-order chi connectivity index (χ0) is 33.0. The van der Waals surface area contributed by atoms with Gasteiger partial charge >= 0.3 is 0 Å². The average Bonchev–Trinajstić information content (AvgIpc) is 3.74. The van der Waals surface area contributed by atoms with Crippen molar-refractivity contribution in [1.82, 2.24) is 19.5 Å². The molecule has 0 bridgehead atoms. The number of para-hydroxylation sites is 2. The largest absolute Gasteiger partial charge is 0.309 e. The van der Waals surface area contributed by atoms with Gasteiger partial charge in [0.05, 0.1) is 11.0 Å². The third kappa shape index (κ3) is 4.71. The average molecular weight is 657 g/mol. The van der Waals surface area contributed by atoms with E-state index in [1.165, 1.54) is 30.9 Å². The highest BCUT2D eigenvalue weighted by Crippen LogP contribution is 2.43. The van der Waals surface area contributed by atoms with Gasteiger partial charge in [0, 0.05) is 53.3 Å². The summed E-state index contributed by atoms with van der Waals surface area (Å²) < 4.78 is 4.95. The molecule has 7 aromatic carbocycles. The Kier molecular flexibility index (Phi) is 6.64. The molecule has 0 unspecified atom stereocenters. The Morgan fingerprint density at radius 3 is 1.64 bits per heavy atom. The number of nitrogens with zero attached hydrogens (tertiary/aromatic N) is 4. The van der Waals surface area contributed by atoms with Crippen LogP contribution in [0.4, 0.5) is 0 Å². The minimum absolute atomic E-state index is 0.632. The van der Waals surface area contributed by atoms with Crippen molar-refractivity contribution < 1.29 is 0 Å². The predicted molar refractivity (Wildman–Crippen MR) is 209 cm³/mol. The molecule has 0 radical (unpaired) electrons. The number of thiophene rings is 1. The lowest BCUT2D eigenvalue weighted by Gasteiger charge is -2.13. The second-order valence-corrected chi connectivity index (χ2v) is 13.5. The normalized spacial score (nSPS) is 11.6. The lowest BCUT2D eigenvalue weighted by molar-refractivity contribution is 1.07. The molecule has 0 amide bonds. The van der Waals surface area contributed by atoms with Gasteiger partial charge in [0.15, 0.2) is 17.5 Å². The van der Waals surface area contributed by atoms with Crippen molar-refractivity contribution in [1.29, 1.82) is 0 Å². The Hall–Kier alpha value is -6.43. The van der Waals surface area contributed by atoms with E-state index in [4.69, 9.17) is 15.0 Å². The van der Waals surface area contributed by atoms with E-state index in [9.17, 15) is 0 Å². The smallest absolute Gasteiger partial charge is 0.164 e. The topological polar surface area (TPSA) is 43.6 Å². The molecular formula is C45H28N4S. The third-order valence-corrected chi connectivity index (χ3v) is 10.6. The van der Waals surface area contributed by atoms with Crippen molar-refractivity contribution in [2.45, 2.75) is 0 Å². The van der Waals surface area contributed by atoms with Gasteiger partial charge in [0.2, 0.25) is 0 Å². The number of fused-ring (bicyclic) bond motifs is 6. The highest BCUT2D eigenvalue weighted by molar-refractivity contribution is 7.25. The van der Waals surface area contributed by atoms with Gasteiger partial charge in [0.25, 0.3) is 0 Å². The van der Waals surface area contributed by atoms with Crippen LogP contribution in [0, 0.1) is 0 Å². The summed E-state index contributed by atoms with van der Waals surface area (Å²) in [5.74, 6) is 1.92. The summed E-state index contributed by atoms with van der Waals surface area (Å²) in [6.07, 6.45) is 0. The molecule has 0 saturated heterocycles. The summed E-state index contributed by atoms with van der Waals surface area (Å²) in [5.41, 5.74) is 8.48. The van der Waals surface area contributed by atoms with E-state index in [-0.39, 0.29) is 0 Å². The van der Waals surface area contributed by atoms with E-state index in [2.05, 4.69) is 138 Å². The number of rotatable bonds is 5. The van der Waals surface area contributed by atoms with E-state index in [0.717, 1.165) is 44.5 Å². The summed E-state index contributed by atoms with van der Waals surface area (Å²) in [4.78, 5) is 15.3. The second-order valence-electron chi connectivity index (χ2n) is 12.5. The van der Waals surface area contributed by atoms with Gasteiger partial charge in [-0.15, -0.1) is 11.3 Å². The molecule has 0 aliphatic rings. The van der Waals surface area contributed by atoms with Crippen molar-refractivity contribution in [3.8, 4) is 51.0 Å². The SMILES string of the molecule is c1ccc(-c2nc(-c3ccccc3)nc(-c3cc(-c4ccc5sc6ccccc6c5c4)c4c5ccccc5n(-c5ccccc5)c4c3)n2)cc1. The fourth-order valence-corrected chi connectivity index (χ4v) is 8.23. The highest BCUT2D eigenvalue weighted by atomic mass is 32.1. The fraction of sp³-hybridized carbons (Fsp3) is 0. The third-order valence-electron chi connectivity index (χ3n) is 9.43. The van der Waals surface area contributed by atoms with Gasteiger partial charge < -0.3 is 4.57 Å². The molecule has 10 rings (SSSR count). The van der Waals surface area contributed by atoms with Crippen molar-refractivity contribution in [2.24, 2.45) is 0 Å². The highest BCUT2D eigenvalue weighted by Gasteiger charge is 2.21. The number of hydrogen-bond acceptors (Lipinski definition) is 4. The Labute approximate surface area is 292 Å². The summed E-state index contributed by atoms with van der Waals surface area (Å²) in [6, 6.07) is 59.7. The van der Waals surface area contributed by atoms with Gasteiger partial charge in [-0.05, 0) is 59.7 Å². The summed E-state index contributed by atoms with van der Waals surface area (Å²) >= 11 is 1.84. The Morgan fingerprint density at radius 1 is 0.380 bits per heavy atom. The van der Waals surface area contributed by atoms with E-state index in [0.29, 0.717) is 17.5 Å². The van der Waals surface area contributed by atoms with Crippen LogP contribution in [0.5, 0.6) is 0 Å². The van der Waals surface area contributed by atoms with E-state index >= 15 is 0 Å². The van der Waals surface area contributed by atoms with Crippen LogP contribution in [-0.4, -0.2) is 19.5 Å². The molecule has 234 valence electrons. The lowest BCUT2D eigenvalue weighted by Crippen LogP contribution is -2.01. The Morgan fingerprint density at radius 2 is 0.940 bits per heavy atom. The van der Waals surface area contributed by atoms with Crippen molar-refractivity contribution in [3.05, 3.63) is 170 Å². The molecule has 4 nitrogen and oxygen atoms in total. The molecule has 0 saturated carbocycles. The molecule has 0 aliphatic carbocycles. The van der Waals surface area contributed by atoms with Gasteiger partial charge in [-0.1, -0.05) is 121 Å². The standard InChI is InChI=1S/C45H28N4S/c1-4-14-29(15-5-1)43-46-44(30-16-6-2-7-17-30)48-45(47-43)32-27-36(31-24-25-41-37(26-31)34-20-11-13-23-40(34)50-41)42-35-21-10-12-22-38(35)49(39(42)28-32)33-18-8-3-9-19-33/h1-28H. The number of hydrogen-bond donors (Lipinski definition) is 0. The monoisotopic (exact) mass is 656 g/mol. The van der Waals surface area contributed by atoms with Gasteiger partial charge in [-0.25, -0.2) is 15.0 Å². The van der Waals surface area contributed by atoms with Crippen LogP contribution in [0.15, 0.2) is 170 Å². The molecule has 50 heavy (non-hydrogen) atoms. The quantitative estimate of drug-likeness (QED) is 0.185. The molecular weight excluding hydrogens is 629 g/mol. The van der Waals surface area contributed by atoms with Crippen molar-refractivity contribution in [2.75, 3.05) is 0 Å². The maximum absolute atomic E-state index is 5.15. The minimum Gasteiger partial charge on any atom is -0.309 e. The zero-order valence-electron chi connectivity index (χ0n) is 26.9. The molecule has 0 aliphatic heterocycles. The summed E-state index contributed by atoms with van der Waals surface area (Å²) in [7, 11) is 0. The number of benzene rings is 7. The number of aromatic nitrogens is 4. The molecule has 0 fully saturated rings. The molecule has 10 aromatic rings. The van der Waals surface area contributed by atoms with Gasteiger partial charge in [-0.3, -0.25) is 0 Å². The zero-order valence-corrected chi connectivity index (χ0v) is 27.7. The van der Waals surface area contributed by atoms with Crippen LogP contribution >= 0.6 is 11.3 Å². The first-order valence-corrected chi connectivity index (χ1v) is 17.5. The fourth-order valence-electron chi connectivity index (χ4n) is 7.14. The predicted octanol–water partition coefficient (Wildman–Crippen LogP) is 12.0. The Bertz CT molecular complexity index is 2800. The van der Waals surface area contributed by atoms with Crippen LogP contribution in [0.25, 0.3) is 93.0 Å². The first-order chi connectivity index (χ1) is 24.8.